The summed E-state index contributed by atoms with van der Waals surface area (Å²) >= 11 is 0. The third kappa shape index (κ3) is 4.93. The van der Waals surface area contributed by atoms with Gasteiger partial charge in [0, 0.05) is 57.1 Å². The summed E-state index contributed by atoms with van der Waals surface area (Å²) < 4.78 is 49.0. The van der Waals surface area contributed by atoms with E-state index in [1.807, 2.05) is 24.3 Å². The summed E-state index contributed by atoms with van der Waals surface area (Å²) in [7, 11) is 0. The van der Waals surface area contributed by atoms with E-state index in [1.165, 1.54) is 12.1 Å². The molecule has 2 fully saturated rings. The van der Waals surface area contributed by atoms with Gasteiger partial charge in [-0.05, 0) is 48.1 Å². The highest BCUT2D eigenvalue weighted by Crippen LogP contribution is 2.37. The number of fused-ring (bicyclic) bond motifs is 2. The van der Waals surface area contributed by atoms with Gasteiger partial charge >= 0.3 is 0 Å². The van der Waals surface area contributed by atoms with E-state index < -0.39 is 5.92 Å². The predicted octanol–water partition coefficient (Wildman–Crippen LogP) is 5.26. The van der Waals surface area contributed by atoms with Gasteiger partial charge < -0.3 is 15.4 Å². The molecule has 41 heavy (non-hydrogen) atoms. The molecule has 2 saturated heterocycles. The molecule has 0 aliphatic carbocycles. The zero-order chi connectivity index (χ0) is 28.1. The number of hydrogen-bond acceptors (Lipinski definition) is 6. The van der Waals surface area contributed by atoms with Crippen molar-refractivity contribution in [3.8, 4) is 11.3 Å². The largest absolute Gasteiger partial charge is 0.381 e. The van der Waals surface area contributed by atoms with Crippen molar-refractivity contribution in [1.29, 1.82) is 0 Å². The van der Waals surface area contributed by atoms with Crippen molar-refractivity contribution in [1.82, 2.24) is 24.6 Å². The summed E-state index contributed by atoms with van der Waals surface area (Å²) in [6.07, 6.45) is 4.88. The number of aromatic nitrogens is 3. The summed E-state index contributed by atoms with van der Waals surface area (Å²) in [6.45, 7) is 2.07. The third-order valence-electron chi connectivity index (χ3n) is 8.27. The molecule has 3 aliphatic rings. The number of benzene rings is 1. The Hall–Kier alpha value is -3.96. The predicted molar refractivity (Wildman–Crippen MR) is 147 cm³/mol. The Morgan fingerprint density at radius 1 is 1.15 bits per heavy atom. The Morgan fingerprint density at radius 2 is 2.00 bits per heavy atom. The van der Waals surface area contributed by atoms with Crippen molar-refractivity contribution in [2.75, 3.05) is 31.6 Å². The lowest BCUT2D eigenvalue weighted by molar-refractivity contribution is 0.0113. The van der Waals surface area contributed by atoms with Crippen molar-refractivity contribution < 1.29 is 22.7 Å². The fourth-order valence-electron chi connectivity index (χ4n) is 6.23. The zero-order valence-corrected chi connectivity index (χ0v) is 22.3. The zero-order valence-electron chi connectivity index (χ0n) is 22.3. The second-order valence-electron chi connectivity index (χ2n) is 11.0. The molecular weight excluding hydrogens is 533 g/mol. The smallest absolute Gasteiger partial charge is 0.261 e. The van der Waals surface area contributed by atoms with Gasteiger partial charge in [-0.1, -0.05) is 12.1 Å². The molecule has 0 atom stereocenters. The fraction of sp³-hybridized carbons (Fsp3) is 0.367. The Bertz CT molecular complexity index is 1650. The molecule has 11 heteroatoms. The van der Waals surface area contributed by atoms with Gasteiger partial charge in [-0.25, -0.2) is 23.1 Å². The minimum absolute atomic E-state index is 0.146. The van der Waals surface area contributed by atoms with E-state index in [4.69, 9.17) is 9.72 Å². The molecule has 212 valence electrons. The molecule has 3 aliphatic heterocycles. The number of carbonyl (C=O) groups is 1. The Balaban J connectivity index is 1.23. The molecule has 7 rings (SSSR count). The van der Waals surface area contributed by atoms with Crippen LogP contribution in [0.25, 0.3) is 16.9 Å². The molecule has 0 bridgehead atoms. The van der Waals surface area contributed by atoms with Crippen LogP contribution in [-0.2, 0) is 17.8 Å². The number of amides is 1. The van der Waals surface area contributed by atoms with Crippen LogP contribution >= 0.6 is 0 Å². The minimum Gasteiger partial charge on any atom is -0.381 e. The van der Waals surface area contributed by atoms with E-state index in [2.05, 4.69) is 15.6 Å². The van der Waals surface area contributed by atoms with Crippen LogP contribution < -0.4 is 10.6 Å². The maximum atomic E-state index is 14.0. The number of nitrogens with zero attached hydrogens (tertiary/aromatic N) is 4. The van der Waals surface area contributed by atoms with E-state index in [-0.39, 0.29) is 30.6 Å². The lowest BCUT2D eigenvalue weighted by atomic mass is 9.90. The van der Waals surface area contributed by atoms with E-state index in [9.17, 15) is 18.0 Å². The van der Waals surface area contributed by atoms with Crippen molar-refractivity contribution in [2.24, 2.45) is 0 Å². The Labute approximate surface area is 234 Å². The van der Waals surface area contributed by atoms with Gasteiger partial charge in [0.2, 0.25) is 0 Å². The first-order valence-corrected chi connectivity index (χ1v) is 13.9. The summed E-state index contributed by atoms with van der Waals surface area (Å²) in [5, 5.41) is 6.24. The van der Waals surface area contributed by atoms with Crippen LogP contribution in [0, 0.1) is 5.82 Å². The molecule has 2 N–H and O–H groups in total. The maximum absolute atomic E-state index is 14.0. The van der Waals surface area contributed by atoms with Crippen molar-refractivity contribution >= 4 is 23.1 Å². The van der Waals surface area contributed by atoms with Gasteiger partial charge in [-0.15, -0.1) is 0 Å². The van der Waals surface area contributed by atoms with Crippen LogP contribution in [0.5, 0.6) is 0 Å². The number of alkyl halides is 2. The number of halogens is 3. The summed E-state index contributed by atoms with van der Waals surface area (Å²) in [5.41, 5.74) is 5.81. The van der Waals surface area contributed by atoms with Gasteiger partial charge in [0.25, 0.3) is 11.8 Å². The molecule has 0 unspecified atom stereocenters. The summed E-state index contributed by atoms with van der Waals surface area (Å²) in [4.78, 5) is 24.0. The lowest BCUT2D eigenvalue weighted by Gasteiger charge is -2.26. The van der Waals surface area contributed by atoms with Crippen LogP contribution in [0.15, 0.2) is 48.8 Å². The average Bonchev–Trinajstić information content (AvgIpc) is 3.66. The number of carbonyl (C=O) groups excluding carboxylic acids is 1. The number of pyridine rings is 2. The second kappa shape index (κ2) is 10.1. The molecule has 0 spiro atoms. The number of ether oxygens (including phenoxy) is 1. The molecular formula is C30H29F3N6O2. The third-order valence-corrected chi connectivity index (χ3v) is 8.27. The van der Waals surface area contributed by atoms with Crippen LogP contribution in [0.2, 0.25) is 0 Å². The fourth-order valence-corrected chi connectivity index (χ4v) is 6.23. The molecule has 6 heterocycles. The molecule has 1 aromatic carbocycles. The first-order valence-electron chi connectivity index (χ1n) is 13.9. The standard InChI is InChI=1S/C30H29F3N6O2/c31-19-5-9-39-25(15-34-27(39)13-19)21-1-3-23(28-22(21)14-35-29(28)40)36-26-4-2-20(18-6-11-41-12-7-18)24(37-26)16-38-10-8-30(32,33)17-38/h1-5,9,13,15,18H,6-8,10-12,14,16-17H2,(H,35,40)(H,36,37). The first kappa shape index (κ1) is 26.0. The van der Waals surface area contributed by atoms with Gasteiger partial charge in [0.1, 0.15) is 17.3 Å². The number of rotatable bonds is 6. The van der Waals surface area contributed by atoms with Crippen LogP contribution in [0.1, 0.15) is 52.4 Å². The number of likely N-dealkylation sites (tertiary alicyclic amines) is 1. The van der Waals surface area contributed by atoms with E-state index in [1.54, 1.807) is 21.7 Å². The quantitative estimate of drug-likeness (QED) is 0.334. The molecule has 0 saturated carbocycles. The monoisotopic (exact) mass is 562 g/mol. The van der Waals surface area contributed by atoms with Crippen molar-refractivity contribution in [3.63, 3.8) is 0 Å². The van der Waals surface area contributed by atoms with Crippen LogP contribution in [0.4, 0.5) is 24.7 Å². The molecule has 3 aromatic heterocycles. The summed E-state index contributed by atoms with van der Waals surface area (Å²) in [6, 6.07) is 10.4. The van der Waals surface area contributed by atoms with Crippen molar-refractivity contribution in [2.45, 2.75) is 44.2 Å². The summed E-state index contributed by atoms with van der Waals surface area (Å²) in [5.74, 6) is -2.45. The Kier molecular flexibility index (Phi) is 6.43. The molecule has 0 radical (unpaired) electrons. The van der Waals surface area contributed by atoms with Gasteiger partial charge in [0.05, 0.1) is 35.4 Å². The molecule has 1 amide bonds. The maximum Gasteiger partial charge on any atom is 0.261 e. The highest BCUT2D eigenvalue weighted by atomic mass is 19.3. The second-order valence-corrected chi connectivity index (χ2v) is 11.0. The van der Waals surface area contributed by atoms with E-state index in [0.29, 0.717) is 55.6 Å². The Morgan fingerprint density at radius 3 is 2.80 bits per heavy atom. The van der Waals surface area contributed by atoms with E-state index >= 15 is 0 Å². The number of anilines is 2. The van der Waals surface area contributed by atoms with E-state index in [0.717, 1.165) is 40.9 Å². The van der Waals surface area contributed by atoms with Gasteiger partial charge in [-0.3, -0.25) is 14.1 Å². The minimum atomic E-state index is -2.68. The molecule has 8 nitrogen and oxygen atoms in total. The van der Waals surface area contributed by atoms with Gasteiger partial charge in [0.15, 0.2) is 0 Å². The lowest BCUT2D eigenvalue weighted by Crippen LogP contribution is -2.26. The van der Waals surface area contributed by atoms with Crippen LogP contribution in [-0.4, -0.2) is 57.4 Å². The number of nitrogens with one attached hydrogen (secondary N) is 2. The number of imidazole rings is 1. The average molecular weight is 563 g/mol. The SMILES string of the molecule is O=C1NCc2c(-c3cnc4cc(F)ccn34)ccc(Nc3ccc(C4CCOCC4)c(CN4CCC(F)(F)C4)n3)c21. The molecule has 4 aromatic rings. The normalized spacial score (nSPS) is 19.0. The highest BCUT2D eigenvalue weighted by molar-refractivity contribution is 6.06. The van der Waals surface area contributed by atoms with Crippen molar-refractivity contribution in [3.05, 3.63) is 77.0 Å². The topological polar surface area (TPSA) is 83.8 Å². The first-order chi connectivity index (χ1) is 19.8. The highest BCUT2D eigenvalue weighted by Gasteiger charge is 2.38. The number of hydrogen-bond donors (Lipinski definition) is 2. The van der Waals surface area contributed by atoms with Gasteiger partial charge in [-0.2, -0.15) is 0 Å². The van der Waals surface area contributed by atoms with Crippen LogP contribution in [0.3, 0.4) is 0 Å².